The van der Waals surface area contributed by atoms with Crippen molar-refractivity contribution < 1.29 is 4.79 Å². The molecule has 16 heavy (non-hydrogen) atoms. The molecule has 0 aliphatic carbocycles. The number of hydrogen-bond acceptors (Lipinski definition) is 3. The third kappa shape index (κ3) is 5.42. The second-order valence-corrected chi connectivity index (χ2v) is 5.09. The fourth-order valence-corrected chi connectivity index (χ4v) is 1.36. The van der Waals surface area contributed by atoms with Gasteiger partial charge in [-0.3, -0.25) is 9.69 Å². The Balaban J connectivity index is 4.40. The van der Waals surface area contributed by atoms with Gasteiger partial charge in [0.1, 0.15) is 0 Å². The van der Waals surface area contributed by atoms with E-state index in [-0.39, 0.29) is 18.0 Å². The molecule has 0 aliphatic rings. The molecule has 0 spiro atoms. The molecule has 0 aromatic heterocycles. The monoisotopic (exact) mass is 245 g/mol. The van der Waals surface area contributed by atoms with Gasteiger partial charge in [-0.1, -0.05) is 12.2 Å². The molecule has 0 aromatic rings. The Hall–Kier alpha value is -0.680. The quantitative estimate of drug-likeness (QED) is 0.705. The second kappa shape index (κ2) is 6.81. The van der Waals surface area contributed by atoms with Crippen LogP contribution in [0.25, 0.3) is 0 Å². The van der Waals surface area contributed by atoms with Crippen LogP contribution in [0, 0.1) is 0 Å². The Kier molecular flexibility index (Phi) is 6.52. The van der Waals surface area contributed by atoms with E-state index in [2.05, 4.69) is 0 Å². The molecule has 0 heterocycles. The number of amides is 1. The first-order valence-electron chi connectivity index (χ1n) is 5.53. The van der Waals surface area contributed by atoms with Crippen LogP contribution in [-0.4, -0.2) is 52.9 Å². The van der Waals surface area contributed by atoms with Crippen molar-refractivity contribution in [1.29, 1.82) is 0 Å². The smallest absolute Gasteiger partial charge is 0.236 e. The van der Waals surface area contributed by atoms with E-state index in [0.717, 1.165) is 0 Å². The fourth-order valence-electron chi connectivity index (χ4n) is 1.19. The van der Waals surface area contributed by atoms with E-state index in [1.807, 2.05) is 39.6 Å². The van der Waals surface area contributed by atoms with Gasteiger partial charge in [-0.2, -0.15) is 0 Å². The lowest BCUT2D eigenvalue weighted by atomic mass is 10.3. The number of rotatable bonds is 6. The van der Waals surface area contributed by atoms with Gasteiger partial charge in [0.05, 0.1) is 11.5 Å². The molecule has 1 amide bonds. The third-order valence-corrected chi connectivity index (χ3v) is 2.72. The summed E-state index contributed by atoms with van der Waals surface area (Å²) in [6.07, 6.45) is 0. The van der Waals surface area contributed by atoms with E-state index < -0.39 is 0 Å². The maximum Gasteiger partial charge on any atom is 0.236 e. The molecule has 0 aromatic carbocycles. The van der Waals surface area contributed by atoms with Crippen LogP contribution in [0.1, 0.15) is 27.7 Å². The van der Waals surface area contributed by atoms with Crippen LogP contribution in [0.5, 0.6) is 0 Å². The standard InChI is InChI=1S/C11H23N3OS/c1-8(2)13(5)11(15)7-14(9(3)4)6-10(12)16/h8-9H,6-7H2,1-5H3,(H2,12,16). The molecule has 0 unspecified atom stereocenters. The first kappa shape index (κ1) is 15.3. The average molecular weight is 245 g/mol. The van der Waals surface area contributed by atoms with Crippen molar-refractivity contribution in [3.05, 3.63) is 0 Å². The Morgan fingerprint density at radius 3 is 2.00 bits per heavy atom. The van der Waals surface area contributed by atoms with Crippen LogP contribution in [0.4, 0.5) is 0 Å². The van der Waals surface area contributed by atoms with Crippen LogP contribution < -0.4 is 5.73 Å². The van der Waals surface area contributed by atoms with Gasteiger partial charge in [0, 0.05) is 25.7 Å². The molecule has 4 nitrogen and oxygen atoms in total. The predicted octanol–water partition coefficient (Wildman–Crippen LogP) is 0.850. The van der Waals surface area contributed by atoms with Gasteiger partial charge in [-0.05, 0) is 27.7 Å². The van der Waals surface area contributed by atoms with Crippen molar-refractivity contribution in [2.24, 2.45) is 5.73 Å². The number of carbonyl (C=O) groups excluding carboxylic acids is 1. The number of likely N-dealkylation sites (N-methyl/N-ethyl adjacent to an activating group) is 1. The second-order valence-electron chi connectivity index (χ2n) is 4.56. The summed E-state index contributed by atoms with van der Waals surface area (Å²) >= 11 is 4.87. The molecular formula is C11H23N3OS. The highest BCUT2D eigenvalue weighted by molar-refractivity contribution is 7.80. The topological polar surface area (TPSA) is 49.6 Å². The van der Waals surface area contributed by atoms with E-state index in [4.69, 9.17) is 18.0 Å². The maximum atomic E-state index is 11.9. The summed E-state index contributed by atoms with van der Waals surface area (Å²) in [4.78, 5) is 16.0. The minimum Gasteiger partial charge on any atom is -0.392 e. The normalized spacial score (nSPS) is 11.2. The van der Waals surface area contributed by atoms with Crippen molar-refractivity contribution in [3.8, 4) is 0 Å². The van der Waals surface area contributed by atoms with Gasteiger partial charge >= 0.3 is 0 Å². The first-order valence-corrected chi connectivity index (χ1v) is 5.94. The Labute approximate surface area is 104 Å². The minimum atomic E-state index is 0.0972. The van der Waals surface area contributed by atoms with Crippen LogP contribution in [0.3, 0.4) is 0 Å². The highest BCUT2D eigenvalue weighted by atomic mass is 32.1. The highest BCUT2D eigenvalue weighted by Crippen LogP contribution is 2.01. The van der Waals surface area contributed by atoms with Gasteiger partial charge in [-0.15, -0.1) is 0 Å². The van der Waals surface area contributed by atoms with Gasteiger partial charge in [-0.25, -0.2) is 0 Å². The Morgan fingerprint density at radius 1 is 1.19 bits per heavy atom. The van der Waals surface area contributed by atoms with Crippen LogP contribution in [0.15, 0.2) is 0 Å². The largest absolute Gasteiger partial charge is 0.392 e. The van der Waals surface area contributed by atoms with Gasteiger partial charge in [0.15, 0.2) is 0 Å². The highest BCUT2D eigenvalue weighted by Gasteiger charge is 2.18. The van der Waals surface area contributed by atoms with Crippen molar-refractivity contribution in [3.63, 3.8) is 0 Å². The van der Waals surface area contributed by atoms with Gasteiger partial charge in [0.25, 0.3) is 0 Å². The summed E-state index contributed by atoms with van der Waals surface area (Å²) in [5.41, 5.74) is 5.51. The summed E-state index contributed by atoms with van der Waals surface area (Å²) in [5, 5.41) is 0. The number of nitrogens with zero attached hydrogens (tertiary/aromatic N) is 2. The Bertz CT molecular complexity index is 254. The lowest BCUT2D eigenvalue weighted by molar-refractivity contribution is -0.132. The molecule has 5 heteroatoms. The van der Waals surface area contributed by atoms with Crippen LogP contribution in [0.2, 0.25) is 0 Å². The number of thiocarbonyl (C=S) groups is 1. The van der Waals surface area contributed by atoms with E-state index in [9.17, 15) is 4.79 Å². The van der Waals surface area contributed by atoms with Gasteiger partial charge in [0.2, 0.25) is 5.91 Å². The summed E-state index contributed by atoms with van der Waals surface area (Å²) in [7, 11) is 1.81. The summed E-state index contributed by atoms with van der Waals surface area (Å²) in [5.74, 6) is 0.0972. The molecule has 0 radical (unpaired) electrons. The lowest BCUT2D eigenvalue weighted by Crippen LogP contribution is -2.46. The van der Waals surface area contributed by atoms with Gasteiger partial charge < -0.3 is 10.6 Å². The van der Waals surface area contributed by atoms with E-state index in [1.165, 1.54) is 0 Å². The zero-order chi connectivity index (χ0) is 12.9. The average Bonchev–Trinajstić information content (AvgIpc) is 2.14. The zero-order valence-corrected chi connectivity index (χ0v) is 11.7. The molecular weight excluding hydrogens is 222 g/mol. The third-order valence-electron chi connectivity index (χ3n) is 2.60. The van der Waals surface area contributed by atoms with Crippen molar-refractivity contribution >= 4 is 23.1 Å². The van der Waals surface area contributed by atoms with Crippen molar-refractivity contribution in [2.75, 3.05) is 20.1 Å². The molecule has 0 fully saturated rings. The SMILES string of the molecule is CC(C)N(CC(=O)N(C)C(C)C)CC(N)=S. The molecule has 0 rings (SSSR count). The summed E-state index contributed by atoms with van der Waals surface area (Å²) in [6.45, 7) is 8.90. The molecule has 94 valence electrons. The first-order chi connectivity index (χ1) is 7.25. The number of carbonyl (C=O) groups is 1. The summed E-state index contributed by atoms with van der Waals surface area (Å²) in [6, 6.07) is 0.470. The number of nitrogens with two attached hydrogens (primary N) is 1. The molecule has 0 saturated carbocycles. The molecule has 0 aliphatic heterocycles. The van der Waals surface area contributed by atoms with E-state index in [1.54, 1.807) is 4.90 Å². The Morgan fingerprint density at radius 2 is 1.69 bits per heavy atom. The predicted molar refractivity (Wildman–Crippen MR) is 71.4 cm³/mol. The lowest BCUT2D eigenvalue weighted by Gasteiger charge is -2.29. The molecule has 0 saturated heterocycles. The number of hydrogen-bond donors (Lipinski definition) is 1. The fraction of sp³-hybridized carbons (Fsp3) is 0.818. The minimum absolute atomic E-state index is 0.0972. The molecule has 0 atom stereocenters. The van der Waals surface area contributed by atoms with E-state index in [0.29, 0.717) is 18.1 Å². The molecule has 2 N–H and O–H groups in total. The van der Waals surface area contributed by atoms with Crippen LogP contribution in [-0.2, 0) is 4.79 Å². The van der Waals surface area contributed by atoms with Crippen LogP contribution >= 0.6 is 12.2 Å². The zero-order valence-electron chi connectivity index (χ0n) is 10.9. The van der Waals surface area contributed by atoms with E-state index >= 15 is 0 Å². The van der Waals surface area contributed by atoms with Crippen molar-refractivity contribution in [1.82, 2.24) is 9.80 Å². The molecule has 0 bridgehead atoms. The van der Waals surface area contributed by atoms with Crippen molar-refractivity contribution in [2.45, 2.75) is 39.8 Å². The summed E-state index contributed by atoms with van der Waals surface area (Å²) < 4.78 is 0. The maximum absolute atomic E-state index is 11.9.